The molecule has 1 aromatic rings. The number of nitrogens with zero attached hydrogens (tertiary/aromatic N) is 2. The van der Waals surface area contributed by atoms with Crippen molar-refractivity contribution in [2.75, 3.05) is 18.8 Å². The standard InChI is InChI=1S/C9H14N4O/c10-8-3-5-13(12-8)9(14)7-2-1-4-11-6-7/h3,5,7,11H,1-2,4,6H2,(H2,10,12). The van der Waals surface area contributed by atoms with Gasteiger partial charge in [0.25, 0.3) is 5.91 Å². The van der Waals surface area contributed by atoms with Crippen LogP contribution in [0.1, 0.15) is 17.6 Å². The zero-order valence-electron chi connectivity index (χ0n) is 7.94. The van der Waals surface area contributed by atoms with Crippen LogP contribution in [0.25, 0.3) is 0 Å². The molecule has 0 aromatic carbocycles. The van der Waals surface area contributed by atoms with Crippen molar-refractivity contribution in [3.63, 3.8) is 0 Å². The number of anilines is 1. The van der Waals surface area contributed by atoms with Gasteiger partial charge < -0.3 is 11.1 Å². The number of carbonyl (C=O) groups is 1. The fourth-order valence-electron chi connectivity index (χ4n) is 1.71. The number of piperidine rings is 1. The molecule has 1 aliphatic heterocycles. The minimum atomic E-state index is 0.0360. The maximum absolute atomic E-state index is 11.8. The van der Waals surface area contributed by atoms with Crippen molar-refractivity contribution in [1.82, 2.24) is 15.1 Å². The van der Waals surface area contributed by atoms with Crippen molar-refractivity contribution in [2.45, 2.75) is 12.8 Å². The summed E-state index contributed by atoms with van der Waals surface area (Å²) in [6.07, 6.45) is 3.60. The molecule has 1 atom stereocenters. The Hall–Kier alpha value is -1.36. The second-order valence-corrected chi connectivity index (χ2v) is 3.57. The normalized spacial score (nSPS) is 22.1. The van der Waals surface area contributed by atoms with Gasteiger partial charge in [0.15, 0.2) is 0 Å². The van der Waals surface area contributed by atoms with Gasteiger partial charge in [-0.05, 0) is 19.4 Å². The lowest BCUT2D eigenvalue weighted by atomic mass is 9.99. The summed E-state index contributed by atoms with van der Waals surface area (Å²) in [6, 6.07) is 1.63. The number of rotatable bonds is 1. The molecule has 1 saturated heterocycles. The number of carbonyl (C=O) groups excluding carboxylic acids is 1. The van der Waals surface area contributed by atoms with Crippen LogP contribution in [0.15, 0.2) is 12.3 Å². The SMILES string of the molecule is Nc1ccn(C(=O)C2CCCNC2)n1. The fourth-order valence-corrected chi connectivity index (χ4v) is 1.71. The number of nitrogens with two attached hydrogens (primary N) is 1. The van der Waals surface area contributed by atoms with Gasteiger partial charge in [-0.1, -0.05) is 0 Å². The van der Waals surface area contributed by atoms with Crippen LogP contribution in [0.2, 0.25) is 0 Å². The lowest BCUT2D eigenvalue weighted by Crippen LogP contribution is -2.36. The molecule has 14 heavy (non-hydrogen) atoms. The molecule has 2 rings (SSSR count). The highest BCUT2D eigenvalue weighted by atomic mass is 16.2. The number of nitrogens with one attached hydrogen (secondary N) is 1. The Bertz CT molecular complexity index is 327. The van der Waals surface area contributed by atoms with Gasteiger partial charge >= 0.3 is 0 Å². The van der Waals surface area contributed by atoms with Gasteiger partial charge in [0, 0.05) is 18.8 Å². The molecule has 1 aromatic heterocycles. The summed E-state index contributed by atoms with van der Waals surface area (Å²) in [5.41, 5.74) is 5.45. The molecular formula is C9H14N4O. The van der Waals surface area contributed by atoms with Crippen molar-refractivity contribution in [2.24, 2.45) is 5.92 Å². The number of aromatic nitrogens is 2. The van der Waals surface area contributed by atoms with Crippen molar-refractivity contribution >= 4 is 11.7 Å². The lowest BCUT2D eigenvalue weighted by molar-refractivity contribution is 0.0796. The third-order valence-electron chi connectivity index (χ3n) is 2.48. The first-order chi connectivity index (χ1) is 6.77. The topological polar surface area (TPSA) is 72.9 Å². The molecule has 0 amide bonds. The van der Waals surface area contributed by atoms with E-state index < -0.39 is 0 Å². The summed E-state index contributed by atoms with van der Waals surface area (Å²) in [6.45, 7) is 1.75. The van der Waals surface area contributed by atoms with Crippen LogP contribution in [0.4, 0.5) is 5.82 Å². The van der Waals surface area contributed by atoms with E-state index in [0.29, 0.717) is 5.82 Å². The third-order valence-corrected chi connectivity index (χ3v) is 2.48. The Balaban J connectivity index is 2.07. The van der Waals surface area contributed by atoms with E-state index >= 15 is 0 Å². The maximum atomic E-state index is 11.8. The molecule has 0 aliphatic carbocycles. The summed E-state index contributed by atoms with van der Waals surface area (Å²) >= 11 is 0. The minimum Gasteiger partial charge on any atom is -0.382 e. The predicted molar refractivity (Wildman–Crippen MR) is 52.9 cm³/mol. The van der Waals surface area contributed by atoms with Gasteiger partial charge in [0.1, 0.15) is 5.82 Å². The maximum Gasteiger partial charge on any atom is 0.251 e. The molecule has 1 aliphatic rings. The smallest absolute Gasteiger partial charge is 0.251 e. The summed E-state index contributed by atoms with van der Waals surface area (Å²) in [7, 11) is 0. The van der Waals surface area contributed by atoms with Gasteiger partial charge in [-0.15, -0.1) is 5.10 Å². The van der Waals surface area contributed by atoms with Crippen molar-refractivity contribution in [3.05, 3.63) is 12.3 Å². The monoisotopic (exact) mass is 194 g/mol. The third kappa shape index (κ3) is 1.77. The highest BCUT2D eigenvalue weighted by molar-refractivity contribution is 5.81. The minimum absolute atomic E-state index is 0.0360. The zero-order chi connectivity index (χ0) is 9.97. The van der Waals surface area contributed by atoms with Gasteiger partial charge in [0.05, 0.1) is 5.92 Å². The first kappa shape index (κ1) is 9.21. The Kier molecular flexibility index (Phi) is 2.49. The molecule has 1 unspecified atom stereocenters. The first-order valence-electron chi connectivity index (χ1n) is 4.83. The van der Waals surface area contributed by atoms with Crippen molar-refractivity contribution < 1.29 is 4.79 Å². The van der Waals surface area contributed by atoms with Gasteiger partial charge in [-0.25, -0.2) is 4.68 Å². The van der Waals surface area contributed by atoms with E-state index in [1.165, 1.54) is 4.68 Å². The molecule has 76 valence electrons. The van der Waals surface area contributed by atoms with E-state index in [1.54, 1.807) is 12.3 Å². The molecule has 2 heterocycles. The van der Waals surface area contributed by atoms with Crippen LogP contribution in [-0.4, -0.2) is 28.8 Å². The van der Waals surface area contributed by atoms with E-state index in [-0.39, 0.29) is 11.8 Å². The Morgan fingerprint density at radius 3 is 3.14 bits per heavy atom. The quantitative estimate of drug-likeness (QED) is 0.665. The van der Waals surface area contributed by atoms with Crippen molar-refractivity contribution in [1.29, 1.82) is 0 Å². The van der Waals surface area contributed by atoms with Crippen LogP contribution in [0, 0.1) is 5.92 Å². The fraction of sp³-hybridized carbons (Fsp3) is 0.556. The van der Waals surface area contributed by atoms with E-state index in [2.05, 4.69) is 10.4 Å². The molecule has 3 N–H and O–H groups in total. The Morgan fingerprint density at radius 1 is 1.71 bits per heavy atom. The molecule has 0 spiro atoms. The van der Waals surface area contributed by atoms with Crippen LogP contribution in [-0.2, 0) is 0 Å². The second-order valence-electron chi connectivity index (χ2n) is 3.57. The summed E-state index contributed by atoms with van der Waals surface area (Å²) in [5, 5.41) is 7.10. The van der Waals surface area contributed by atoms with Crippen LogP contribution in [0.5, 0.6) is 0 Å². The summed E-state index contributed by atoms with van der Waals surface area (Å²) in [5.74, 6) is 0.471. The largest absolute Gasteiger partial charge is 0.382 e. The molecular weight excluding hydrogens is 180 g/mol. The predicted octanol–water partition coefficient (Wildman–Crippen LogP) is 0.105. The highest BCUT2D eigenvalue weighted by Gasteiger charge is 2.22. The van der Waals surface area contributed by atoms with Gasteiger partial charge in [-0.2, -0.15) is 0 Å². The number of hydrogen-bond acceptors (Lipinski definition) is 4. The molecule has 0 saturated carbocycles. The first-order valence-corrected chi connectivity index (χ1v) is 4.83. The van der Waals surface area contributed by atoms with Gasteiger partial charge in [0.2, 0.25) is 0 Å². The lowest BCUT2D eigenvalue weighted by Gasteiger charge is -2.20. The molecule has 5 heteroatoms. The molecule has 0 bridgehead atoms. The Labute approximate surface area is 82.3 Å². The summed E-state index contributed by atoms with van der Waals surface area (Å²) < 4.78 is 1.34. The van der Waals surface area contributed by atoms with E-state index in [1.807, 2.05) is 0 Å². The Morgan fingerprint density at radius 2 is 2.57 bits per heavy atom. The molecule has 1 fully saturated rings. The van der Waals surface area contributed by atoms with E-state index in [9.17, 15) is 4.79 Å². The molecule has 0 radical (unpaired) electrons. The number of hydrogen-bond donors (Lipinski definition) is 2. The van der Waals surface area contributed by atoms with Crippen LogP contribution >= 0.6 is 0 Å². The summed E-state index contributed by atoms with van der Waals surface area (Å²) in [4.78, 5) is 11.8. The van der Waals surface area contributed by atoms with Crippen LogP contribution < -0.4 is 11.1 Å². The number of nitrogen functional groups attached to an aromatic ring is 1. The van der Waals surface area contributed by atoms with Gasteiger partial charge in [-0.3, -0.25) is 4.79 Å². The average Bonchev–Trinajstić information content (AvgIpc) is 2.65. The highest BCUT2D eigenvalue weighted by Crippen LogP contribution is 2.12. The molecule has 5 nitrogen and oxygen atoms in total. The van der Waals surface area contributed by atoms with Crippen LogP contribution in [0.3, 0.4) is 0 Å². The van der Waals surface area contributed by atoms with Crippen molar-refractivity contribution in [3.8, 4) is 0 Å². The van der Waals surface area contributed by atoms with E-state index in [4.69, 9.17) is 5.73 Å². The van der Waals surface area contributed by atoms with E-state index in [0.717, 1.165) is 25.9 Å². The zero-order valence-corrected chi connectivity index (χ0v) is 7.94. The second kappa shape index (κ2) is 3.79. The average molecular weight is 194 g/mol.